The first-order chi connectivity index (χ1) is 10.7. The predicted molar refractivity (Wildman–Crippen MR) is 89.7 cm³/mol. The number of hydrogen-bond acceptors (Lipinski definition) is 2. The van der Waals surface area contributed by atoms with Gasteiger partial charge in [0.05, 0.1) is 0 Å². The zero-order valence-corrected chi connectivity index (χ0v) is 13.1. The van der Waals surface area contributed by atoms with Gasteiger partial charge in [-0.3, -0.25) is 0 Å². The minimum absolute atomic E-state index is 0.176. The zero-order valence-electron chi connectivity index (χ0n) is 13.1. The molecular weight excluding hydrogens is 270 g/mol. The zero-order chi connectivity index (χ0) is 15.2. The molecule has 1 aliphatic heterocycles. The summed E-state index contributed by atoms with van der Waals surface area (Å²) in [4.78, 5) is 2.49. The monoisotopic (exact) mass is 293 g/mol. The van der Waals surface area contributed by atoms with Crippen LogP contribution in [0.1, 0.15) is 30.9 Å². The van der Waals surface area contributed by atoms with Gasteiger partial charge in [-0.05, 0) is 48.2 Å². The molecule has 2 aromatic carbocycles. The number of benzene rings is 2. The lowest BCUT2D eigenvalue weighted by Gasteiger charge is -2.35. The summed E-state index contributed by atoms with van der Waals surface area (Å²) in [5.74, 6) is 0.176. The molecule has 1 aliphatic carbocycles. The topological polar surface area (TPSA) is 23.5 Å². The van der Waals surface area contributed by atoms with Crippen LogP contribution in [0.5, 0.6) is 0 Å². The Morgan fingerprint density at radius 1 is 0.955 bits per heavy atom. The second-order valence-electron chi connectivity index (χ2n) is 6.77. The van der Waals surface area contributed by atoms with E-state index in [1.165, 1.54) is 37.1 Å². The summed E-state index contributed by atoms with van der Waals surface area (Å²) in [5, 5.41) is 11.7. The molecule has 1 N–H and O–H groups in total. The van der Waals surface area contributed by atoms with Crippen LogP contribution in [0.4, 0.5) is 0 Å². The Morgan fingerprint density at radius 2 is 1.45 bits per heavy atom. The lowest BCUT2D eigenvalue weighted by molar-refractivity contribution is 0.0145. The molecule has 0 unspecified atom stereocenters. The van der Waals surface area contributed by atoms with Gasteiger partial charge in [-0.2, -0.15) is 0 Å². The van der Waals surface area contributed by atoms with E-state index in [0.717, 1.165) is 17.7 Å². The highest BCUT2D eigenvalue weighted by atomic mass is 16.3. The first-order valence-electron chi connectivity index (χ1n) is 8.35. The summed E-state index contributed by atoms with van der Waals surface area (Å²) in [6.45, 7) is 5.49. The molecular formula is C20H23NO. The number of nitrogens with zero attached hydrogens (tertiary/aromatic N) is 1. The molecule has 4 rings (SSSR count). The molecule has 0 bridgehead atoms. The van der Waals surface area contributed by atoms with Crippen LogP contribution in [0.15, 0.2) is 48.5 Å². The Bertz CT molecular complexity index is 642. The van der Waals surface area contributed by atoms with Crippen molar-refractivity contribution in [3.63, 3.8) is 0 Å². The molecule has 0 aromatic heterocycles. The second-order valence-corrected chi connectivity index (χ2v) is 6.77. The highest BCUT2D eigenvalue weighted by Crippen LogP contribution is 2.51. The van der Waals surface area contributed by atoms with Crippen LogP contribution in [-0.2, 0) is 5.60 Å². The fourth-order valence-electron chi connectivity index (χ4n) is 4.26. The summed E-state index contributed by atoms with van der Waals surface area (Å²) in [5.41, 5.74) is 3.66. The fraction of sp³-hybridized carbons (Fsp3) is 0.400. The Hall–Kier alpha value is -1.64. The maximum absolute atomic E-state index is 11.7. The maximum atomic E-state index is 11.7. The second kappa shape index (κ2) is 5.22. The average Bonchev–Trinajstić information content (AvgIpc) is 3.15. The number of likely N-dealkylation sites (tertiary alicyclic amines) is 1. The maximum Gasteiger partial charge on any atom is 0.120 e. The van der Waals surface area contributed by atoms with Crippen LogP contribution in [0.2, 0.25) is 0 Å². The third-order valence-corrected chi connectivity index (χ3v) is 5.41. The molecule has 1 saturated heterocycles. The lowest BCUT2D eigenvalue weighted by atomic mass is 9.80. The minimum Gasteiger partial charge on any atom is -0.380 e. The Balaban J connectivity index is 1.78. The molecule has 0 amide bonds. The molecule has 1 heterocycles. The van der Waals surface area contributed by atoms with E-state index >= 15 is 0 Å². The van der Waals surface area contributed by atoms with Crippen molar-refractivity contribution in [3.8, 4) is 11.1 Å². The Kier molecular flexibility index (Phi) is 3.32. The number of hydrogen-bond donors (Lipinski definition) is 1. The smallest absolute Gasteiger partial charge is 0.120 e. The van der Waals surface area contributed by atoms with Crippen LogP contribution in [-0.4, -0.2) is 29.6 Å². The van der Waals surface area contributed by atoms with Crippen molar-refractivity contribution >= 4 is 0 Å². The van der Waals surface area contributed by atoms with Gasteiger partial charge < -0.3 is 10.0 Å². The fourth-order valence-corrected chi connectivity index (χ4v) is 4.26. The predicted octanol–water partition coefficient (Wildman–Crippen LogP) is 3.63. The van der Waals surface area contributed by atoms with Crippen molar-refractivity contribution in [2.24, 2.45) is 5.92 Å². The molecule has 2 aliphatic rings. The normalized spacial score (nSPS) is 20.6. The van der Waals surface area contributed by atoms with Crippen LogP contribution in [0, 0.1) is 5.92 Å². The summed E-state index contributed by atoms with van der Waals surface area (Å²) < 4.78 is 0. The molecule has 0 radical (unpaired) electrons. The highest BCUT2D eigenvalue weighted by Gasteiger charge is 2.45. The van der Waals surface area contributed by atoms with Gasteiger partial charge in [-0.15, -0.1) is 0 Å². The minimum atomic E-state index is -0.865. The first-order valence-corrected chi connectivity index (χ1v) is 8.35. The molecule has 2 heteroatoms. The van der Waals surface area contributed by atoms with Crippen LogP contribution in [0.25, 0.3) is 11.1 Å². The van der Waals surface area contributed by atoms with Crippen LogP contribution < -0.4 is 0 Å². The van der Waals surface area contributed by atoms with Gasteiger partial charge >= 0.3 is 0 Å². The first kappa shape index (κ1) is 14.0. The van der Waals surface area contributed by atoms with Crippen molar-refractivity contribution in [3.05, 3.63) is 59.7 Å². The van der Waals surface area contributed by atoms with E-state index in [9.17, 15) is 5.11 Å². The van der Waals surface area contributed by atoms with Gasteiger partial charge in [0.15, 0.2) is 0 Å². The van der Waals surface area contributed by atoms with E-state index in [-0.39, 0.29) is 5.92 Å². The van der Waals surface area contributed by atoms with E-state index in [2.05, 4.69) is 48.2 Å². The van der Waals surface area contributed by atoms with Crippen LogP contribution >= 0.6 is 0 Å². The summed E-state index contributed by atoms with van der Waals surface area (Å²) in [6.07, 6.45) is 2.58. The Morgan fingerprint density at radius 3 is 2.00 bits per heavy atom. The van der Waals surface area contributed by atoms with E-state index < -0.39 is 5.60 Å². The molecule has 1 fully saturated rings. The van der Waals surface area contributed by atoms with Crippen molar-refractivity contribution in [1.82, 2.24) is 4.90 Å². The molecule has 1 atom stereocenters. The van der Waals surface area contributed by atoms with E-state index in [1.54, 1.807) is 0 Å². The summed E-state index contributed by atoms with van der Waals surface area (Å²) in [6, 6.07) is 16.7. The number of rotatable bonds is 3. The third kappa shape index (κ3) is 1.94. The van der Waals surface area contributed by atoms with Gasteiger partial charge in [0.25, 0.3) is 0 Å². The third-order valence-electron chi connectivity index (χ3n) is 5.41. The van der Waals surface area contributed by atoms with Crippen molar-refractivity contribution < 1.29 is 5.11 Å². The summed E-state index contributed by atoms with van der Waals surface area (Å²) >= 11 is 0. The molecule has 2 aromatic rings. The average molecular weight is 293 g/mol. The van der Waals surface area contributed by atoms with Crippen LogP contribution in [0.3, 0.4) is 0 Å². The molecule has 22 heavy (non-hydrogen) atoms. The lowest BCUT2D eigenvalue weighted by Crippen LogP contribution is -2.40. The standard InChI is InChI=1S/C20H23NO/c1-15(14-21-12-6-7-13-21)20(22)18-10-4-2-8-16(18)17-9-3-5-11-19(17)20/h2-5,8-11,15,22H,6-7,12-14H2,1H3/t15-/m0/s1. The SMILES string of the molecule is C[C@@H](CN1CCCC1)C1(O)c2ccccc2-c2ccccc21. The Labute approximate surface area is 132 Å². The van der Waals surface area contributed by atoms with Crippen molar-refractivity contribution in [2.75, 3.05) is 19.6 Å². The van der Waals surface area contributed by atoms with E-state index in [4.69, 9.17) is 0 Å². The van der Waals surface area contributed by atoms with Crippen molar-refractivity contribution in [1.29, 1.82) is 0 Å². The van der Waals surface area contributed by atoms with Gasteiger partial charge in [0.2, 0.25) is 0 Å². The van der Waals surface area contributed by atoms with Gasteiger partial charge in [-0.25, -0.2) is 0 Å². The molecule has 2 nitrogen and oxygen atoms in total. The van der Waals surface area contributed by atoms with Gasteiger partial charge in [-0.1, -0.05) is 55.5 Å². The molecule has 114 valence electrons. The molecule has 0 spiro atoms. The highest BCUT2D eigenvalue weighted by molar-refractivity contribution is 5.80. The largest absolute Gasteiger partial charge is 0.380 e. The van der Waals surface area contributed by atoms with E-state index in [1.807, 2.05) is 12.1 Å². The van der Waals surface area contributed by atoms with Gasteiger partial charge in [0, 0.05) is 12.5 Å². The summed E-state index contributed by atoms with van der Waals surface area (Å²) in [7, 11) is 0. The van der Waals surface area contributed by atoms with E-state index in [0.29, 0.717) is 0 Å². The quantitative estimate of drug-likeness (QED) is 0.934. The number of fused-ring (bicyclic) bond motifs is 3. The number of aliphatic hydroxyl groups is 1. The molecule has 0 saturated carbocycles. The van der Waals surface area contributed by atoms with Gasteiger partial charge in [0.1, 0.15) is 5.60 Å². The van der Waals surface area contributed by atoms with Crippen molar-refractivity contribution in [2.45, 2.75) is 25.4 Å².